The van der Waals surface area contributed by atoms with E-state index >= 15 is 0 Å². The van der Waals surface area contributed by atoms with Crippen LogP contribution in [0.25, 0.3) is 0 Å². The minimum Gasteiger partial charge on any atom is -0.494 e. The molecule has 0 aliphatic carbocycles. The van der Waals surface area contributed by atoms with Crippen molar-refractivity contribution in [2.45, 2.75) is 12.5 Å². The summed E-state index contributed by atoms with van der Waals surface area (Å²) in [6.45, 7) is 0.764. The SMILES string of the molecule is NC1CSCC1CCOc1ccc(Br)cc1. The van der Waals surface area contributed by atoms with Crippen LogP contribution in [0.2, 0.25) is 0 Å². The monoisotopic (exact) mass is 301 g/mol. The maximum absolute atomic E-state index is 6.00. The van der Waals surface area contributed by atoms with E-state index < -0.39 is 0 Å². The Labute approximate surface area is 109 Å². The zero-order chi connectivity index (χ0) is 11.4. The van der Waals surface area contributed by atoms with Gasteiger partial charge >= 0.3 is 0 Å². The number of nitrogens with two attached hydrogens (primary N) is 1. The van der Waals surface area contributed by atoms with Gasteiger partial charge in [0, 0.05) is 16.3 Å². The molecule has 0 amide bonds. The molecule has 88 valence electrons. The molecule has 1 fully saturated rings. The Bertz CT molecular complexity index is 330. The van der Waals surface area contributed by atoms with Crippen LogP contribution in [-0.2, 0) is 0 Å². The van der Waals surface area contributed by atoms with Crippen molar-refractivity contribution in [1.82, 2.24) is 0 Å². The zero-order valence-corrected chi connectivity index (χ0v) is 11.5. The molecule has 2 unspecified atom stereocenters. The number of hydrogen-bond acceptors (Lipinski definition) is 3. The van der Waals surface area contributed by atoms with Gasteiger partial charge in [-0.25, -0.2) is 0 Å². The third kappa shape index (κ3) is 3.40. The first-order valence-corrected chi connectivity index (χ1v) is 7.42. The third-order valence-electron chi connectivity index (χ3n) is 2.82. The Hall–Kier alpha value is -0.190. The standard InChI is InChI=1S/C12H16BrNOS/c13-10-1-3-11(4-2-10)15-6-5-9-7-16-8-12(9)14/h1-4,9,12H,5-8,14H2. The van der Waals surface area contributed by atoms with Crippen LogP contribution in [0.1, 0.15) is 6.42 Å². The van der Waals surface area contributed by atoms with Crippen LogP contribution in [0.15, 0.2) is 28.7 Å². The summed E-state index contributed by atoms with van der Waals surface area (Å²) in [6.07, 6.45) is 1.06. The summed E-state index contributed by atoms with van der Waals surface area (Å²) in [5.41, 5.74) is 6.00. The molecule has 2 nitrogen and oxygen atoms in total. The van der Waals surface area contributed by atoms with Crippen molar-refractivity contribution < 1.29 is 4.74 Å². The zero-order valence-electron chi connectivity index (χ0n) is 9.06. The van der Waals surface area contributed by atoms with Gasteiger partial charge in [-0.15, -0.1) is 0 Å². The molecule has 1 heterocycles. The molecule has 4 heteroatoms. The fraction of sp³-hybridized carbons (Fsp3) is 0.500. The largest absolute Gasteiger partial charge is 0.494 e. The van der Waals surface area contributed by atoms with Gasteiger partial charge in [0.1, 0.15) is 5.75 Å². The fourth-order valence-corrected chi connectivity index (χ4v) is 3.43. The molecule has 1 aliphatic rings. The Balaban J connectivity index is 1.73. The van der Waals surface area contributed by atoms with Crippen LogP contribution in [0.5, 0.6) is 5.75 Å². The van der Waals surface area contributed by atoms with Gasteiger partial charge in [0.25, 0.3) is 0 Å². The number of halogens is 1. The van der Waals surface area contributed by atoms with E-state index in [2.05, 4.69) is 15.9 Å². The highest BCUT2D eigenvalue weighted by Crippen LogP contribution is 2.25. The van der Waals surface area contributed by atoms with Crippen molar-refractivity contribution in [3.8, 4) is 5.75 Å². The average molecular weight is 302 g/mol. The molecule has 1 aliphatic heterocycles. The lowest BCUT2D eigenvalue weighted by Gasteiger charge is -2.14. The van der Waals surface area contributed by atoms with Crippen molar-refractivity contribution in [3.05, 3.63) is 28.7 Å². The van der Waals surface area contributed by atoms with Gasteiger partial charge in [0.2, 0.25) is 0 Å². The fourth-order valence-electron chi connectivity index (χ4n) is 1.77. The molecular weight excluding hydrogens is 286 g/mol. The molecule has 1 saturated heterocycles. The summed E-state index contributed by atoms with van der Waals surface area (Å²) in [7, 11) is 0. The van der Waals surface area contributed by atoms with Gasteiger partial charge in [-0.3, -0.25) is 0 Å². The molecule has 0 saturated carbocycles. The summed E-state index contributed by atoms with van der Waals surface area (Å²) in [5, 5.41) is 0. The van der Waals surface area contributed by atoms with Crippen molar-refractivity contribution in [2.75, 3.05) is 18.1 Å². The predicted molar refractivity (Wildman–Crippen MR) is 73.0 cm³/mol. The lowest BCUT2D eigenvalue weighted by atomic mass is 10.0. The smallest absolute Gasteiger partial charge is 0.119 e. The molecule has 2 N–H and O–H groups in total. The van der Waals surface area contributed by atoms with Crippen LogP contribution in [-0.4, -0.2) is 24.2 Å². The Kier molecular flexibility index (Phi) is 4.55. The van der Waals surface area contributed by atoms with E-state index in [1.165, 1.54) is 5.75 Å². The first kappa shape index (κ1) is 12.3. The first-order valence-electron chi connectivity index (χ1n) is 5.47. The van der Waals surface area contributed by atoms with Crippen LogP contribution in [0, 0.1) is 5.92 Å². The van der Waals surface area contributed by atoms with Gasteiger partial charge in [-0.2, -0.15) is 11.8 Å². The number of rotatable bonds is 4. The lowest BCUT2D eigenvalue weighted by Crippen LogP contribution is -2.29. The second-order valence-corrected chi connectivity index (χ2v) is 6.04. The second-order valence-electron chi connectivity index (χ2n) is 4.05. The van der Waals surface area contributed by atoms with Crippen LogP contribution >= 0.6 is 27.7 Å². The van der Waals surface area contributed by atoms with Crippen LogP contribution in [0.3, 0.4) is 0 Å². The van der Waals surface area contributed by atoms with Crippen molar-refractivity contribution in [3.63, 3.8) is 0 Å². The minimum absolute atomic E-state index is 0.360. The summed E-state index contributed by atoms with van der Waals surface area (Å²) >= 11 is 5.35. The summed E-state index contributed by atoms with van der Waals surface area (Å²) in [5.74, 6) is 3.84. The highest BCUT2D eigenvalue weighted by molar-refractivity contribution is 9.10. The van der Waals surface area contributed by atoms with E-state index in [1.54, 1.807) is 0 Å². The summed E-state index contributed by atoms with van der Waals surface area (Å²) in [6, 6.07) is 8.30. The molecule has 0 radical (unpaired) electrons. The number of benzene rings is 1. The molecule has 0 aromatic heterocycles. The predicted octanol–water partition coefficient (Wildman–Crippen LogP) is 2.91. The number of ether oxygens (including phenoxy) is 1. The molecule has 2 atom stereocenters. The molecule has 1 aromatic rings. The minimum atomic E-state index is 0.360. The maximum Gasteiger partial charge on any atom is 0.119 e. The first-order chi connectivity index (χ1) is 7.75. The normalized spacial score (nSPS) is 24.6. The summed E-state index contributed by atoms with van der Waals surface area (Å²) < 4.78 is 6.76. The van der Waals surface area contributed by atoms with Crippen molar-refractivity contribution in [1.29, 1.82) is 0 Å². The average Bonchev–Trinajstić information content (AvgIpc) is 2.68. The number of hydrogen-bond donors (Lipinski definition) is 1. The van der Waals surface area contributed by atoms with Gasteiger partial charge in [0.05, 0.1) is 6.61 Å². The van der Waals surface area contributed by atoms with Crippen molar-refractivity contribution >= 4 is 27.7 Å². The van der Waals surface area contributed by atoms with Gasteiger partial charge < -0.3 is 10.5 Å². The van der Waals surface area contributed by atoms with Gasteiger partial charge in [0.15, 0.2) is 0 Å². The highest BCUT2D eigenvalue weighted by Gasteiger charge is 2.23. The topological polar surface area (TPSA) is 35.2 Å². The molecule has 1 aromatic carbocycles. The summed E-state index contributed by atoms with van der Waals surface area (Å²) in [4.78, 5) is 0. The maximum atomic E-state index is 6.00. The quantitative estimate of drug-likeness (QED) is 0.929. The van der Waals surface area contributed by atoms with Gasteiger partial charge in [-0.05, 0) is 42.4 Å². The molecule has 2 rings (SSSR count). The van der Waals surface area contributed by atoms with E-state index in [9.17, 15) is 0 Å². The Morgan fingerprint density at radius 2 is 2.06 bits per heavy atom. The Morgan fingerprint density at radius 3 is 2.69 bits per heavy atom. The third-order valence-corrected chi connectivity index (χ3v) is 4.63. The van der Waals surface area contributed by atoms with E-state index in [-0.39, 0.29) is 0 Å². The van der Waals surface area contributed by atoms with Crippen LogP contribution < -0.4 is 10.5 Å². The Morgan fingerprint density at radius 1 is 1.31 bits per heavy atom. The molecule has 16 heavy (non-hydrogen) atoms. The van der Waals surface area contributed by atoms with Gasteiger partial charge in [-0.1, -0.05) is 15.9 Å². The lowest BCUT2D eigenvalue weighted by molar-refractivity contribution is 0.278. The number of thioether (sulfide) groups is 1. The van der Waals surface area contributed by atoms with E-state index in [4.69, 9.17) is 10.5 Å². The van der Waals surface area contributed by atoms with E-state index in [1.807, 2.05) is 36.0 Å². The van der Waals surface area contributed by atoms with E-state index in [0.29, 0.717) is 12.0 Å². The molecule has 0 bridgehead atoms. The van der Waals surface area contributed by atoms with Crippen molar-refractivity contribution in [2.24, 2.45) is 11.7 Å². The molecule has 0 spiro atoms. The molecular formula is C12H16BrNOS. The highest BCUT2D eigenvalue weighted by atomic mass is 79.9. The van der Waals surface area contributed by atoms with Crippen LogP contribution in [0.4, 0.5) is 0 Å². The second kappa shape index (κ2) is 5.94. The van der Waals surface area contributed by atoms with E-state index in [0.717, 1.165) is 29.0 Å².